The first kappa shape index (κ1) is 12.2. The second-order valence-electron chi connectivity index (χ2n) is 3.27. The molecule has 0 saturated carbocycles. The molecule has 0 heterocycles. The number of hydrogen-bond donors (Lipinski definition) is 0. The van der Waals surface area contributed by atoms with Crippen LogP contribution in [0.3, 0.4) is 0 Å². The topological polar surface area (TPSA) is 50.1 Å². The number of hydrogen-bond acceptors (Lipinski definition) is 3. The molecule has 1 rings (SSSR count). The van der Waals surface area contributed by atoms with E-state index in [1.54, 1.807) is 0 Å². The molecule has 0 aromatic heterocycles. The average Bonchev–Trinajstić information content (AvgIpc) is 2.30. The Kier molecular flexibility index (Phi) is 5.00. The SMILES string of the molecule is N#CCCCCOc1ccc(C=O)cc1F. The summed E-state index contributed by atoms with van der Waals surface area (Å²) in [6.45, 7) is 0.374. The smallest absolute Gasteiger partial charge is 0.165 e. The number of nitriles is 1. The number of unbranched alkanes of at least 4 members (excludes halogenated alkanes) is 2. The summed E-state index contributed by atoms with van der Waals surface area (Å²) in [6.07, 6.45) is 2.52. The van der Waals surface area contributed by atoms with E-state index in [-0.39, 0.29) is 11.3 Å². The van der Waals surface area contributed by atoms with Crippen molar-refractivity contribution in [1.29, 1.82) is 5.26 Å². The summed E-state index contributed by atoms with van der Waals surface area (Å²) in [5.41, 5.74) is 0.286. The molecule has 0 unspecified atom stereocenters. The van der Waals surface area contributed by atoms with E-state index in [4.69, 9.17) is 10.00 Å². The summed E-state index contributed by atoms with van der Waals surface area (Å²) in [4.78, 5) is 10.4. The van der Waals surface area contributed by atoms with E-state index in [0.29, 0.717) is 25.7 Å². The molecule has 0 radical (unpaired) electrons. The minimum Gasteiger partial charge on any atom is -0.491 e. The first-order valence-corrected chi connectivity index (χ1v) is 5.02. The minimum absolute atomic E-state index is 0.141. The van der Waals surface area contributed by atoms with Crippen LogP contribution >= 0.6 is 0 Å². The zero-order valence-electron chi connectivity index (χ0n) is 8.78. The largest absolute Gasteiger partial charge is 0.491 e. The van der Waals surface area contributed by atoms with Crippen molar-refractivity contribution < 1.29 is 13.9 Å². The highest BCUT2D eigenvalue weighted by molar-refractivity contribution is 5.74. The monoisotopic (exact) mass is 221 g/mol. The number of nitrogens with zero attached hydrogens (tertiary/aromatic N) is 1. The lowest BCUT2D eigenvalue weighted by molar-refractivity contribution is 0.112. The molecule has 0 bridgehead atoms. The number of benzene rings is 1. The molecule has 1 aromatic rings. The molecular formula is C12H12FNO2. The van der Waals surface area contributed by atoms with Crippen LogP contribution in [-0.2, 0) is 0 Å². The summed E-state index contributed by atoms with van der Waals surface area (Å²) < 4.78 is 18.5. The van der Waals surface area contributed by atoms with Crippen LogP contribution < -0.4 is 4.74 Å². The van der Waals surface area contributed by atoms with Crippen LogP contribution in [0.5, 0.6) is 5.75 Å². The van der Waals surface area contributed by atoms with Crippen LogP contribution in [0.1, 0.15) is 29.6 Å². The van der Waals surface area contributed by atoms with Crippen molar-refractivity contribution in [3.63, 3.8) is 0 Å². The lowest BCUT2D eigenvalue weighted by atomic mass is 10.2. The highest BCUT2D eigenvalue weighted by atomic mass is 19.1. The zero-order chi connectivity index (χ0) is 11.8. The van der Waals surface area contributed by atoms with Gasteiger partial charge in [0.15, 0.2) is 11.6 Å². The molecule has 3 nitrogen and oxygen atoms in total. The van der Waals surface area contributed by atoms with Crippen LogP contribution in [-0.4, -0.2) is 12.9 Å². The standard InChI is InChI=1S/C12H12FNO2/c13-11-8-10(9-15)4-5-12(11)16-7-3-1-2-6-14/h4-5,8-9H,1-3,7H2. The van der Waals surface area contributed by atoms with Gasteiger partial charge in [-0.05, 0) is 31.0 Å². The molecular weight excluding hydrogens is 209 g/mol. The Balaban J connectivity index is 2.42. The first-order chi connectivity index (χ1) is 7.77. The quantitative estimate of drug-likeness (QED) is 0.548. The van der Waals surface area contributed by atoms with E-state index in [2.05, 4.69) is 0 Å². The number of ether oxygens (including phenoxy) is 1. The normalized spacial score (nSPS) is 9.50. The first-order valence-electron chi connectivity index (χ1n) is 5.02. The molecule has 0 fully saturated rings. The maximum Gasteiger partial charge on any atom is 0.165 e. The molecule has 0 spiro atoms. The van der Waals surface area contributed by atoms with Gasteiger partial charge in [-0.2, -0.15) is 5.26 Å². The maximum atomic E-state index is 13.3. The number of rotatable bonds is 6. The van der Waals surface area contributed by atoms with E-state index >= 15 is 0 Å². The van der Waals surface area contributed by atoms with Crippen molar-refractivity contribution in [3.8, 4) is 11.8 Å². The predicted octanol–water partition coefficient (Wildman–Crippen LogP) is 2.71. The molecule has 0 atom stereocenters. The third-order valence-corrected chi connectivity index (χ3v) is 2.03. The third kappa shape index (κ3) is 3.70. The second-order valence-corrected chi connectivity index (χ2v) is 3.27. The Morgan fingerprint density at radius 1 is 1.44 bits per heavy atom. The third-order valence-electron chi connectivity index (χ3n) is 2.03. The van der Waals surface area contributed by atoms with Gasteiger partial charge in [0.05, 0.1) is 12.7 Å². The highest BCUT2D eigenvalue weighted by Crippen LogP contribution is 2.17. The number of carbonyl (C=O) groups excluding carboxylic acids is 1. The maximum absolute atomic E-state index is 13.3. The van der Waals surface area contributed by atoms with Gasteiger partial charge in [0.25, 0.3) is 0 Å². The summed E-state index contributed by atoms with van der Waals surface area (Å²) in [5.74, 6) is -0.396. The molecule has 16 heavy (non-hydrogen) atoms. The fourth-order valence-electron chi connectivity index (χ4n) is 1.20. The van der Waals surface area contributed by atoms with Crippen LogP contribution in [0.15, 0.2) is 18.2 Å². The minimum atomic E-state index is -0.537. The summed E-state index contributed by atoms with van der Waals surface area (Å²) >= 11 is 0. The van der Waals surface area contributed by atoms with Gasteiger partial charge < -0.3 is 4.74 Å². The van der Waals surface area contributed by atoms with Gasteiger partial charge in [0.1, 0.15) is 6.29 Å². The van der Waals surface area contributed by atoms with E-state index in [1.165, 1.54) is 12.1 Å². The van der Waals surface area contributed by atoms with Gasteiger partial charge in [0, 0.05) is 12.0 Å². The van der Waals surface area contributed by atoms with Crippen molar-refractivity contribution in [2.24, 2.45) is 0 Å². The highest BCUT2D eigenvalue weighted by Gasteiger charge is 2.03. The Hall–Kier alpha value is -1.89. The van der Waals surface area contributed by atoms with Crippen LogP contribution in [0, 0.1) is 17.1 Å². The summed E-state index contributed by atoms with van der Waals surface area (Å²) in [6, 6.07) is 6.10. The molecule has 0 aliphatic carbocycles. The van der Waals surface area contributed by atoms with Gasteiger partial charge in [0.2, 0.25) is 0 Å². The molecule has 1 aromatic carbocycles. The van der Waals surface area contributed by atoms with Gasteiger partial charge in [-0.15, -0.1) is 0 Å². The fourth-order valence-corrected chi connectivity index (χ4v) is 1.20. The van der Waals surface area contributed by atoms with Gasteiger partial charge in [-0.3, -0.25) is 4.79 Å². The van der Waals surface area contributed by atoms with Gasteiger partial charge in [-0.1, -0.05) is 0 Å². The van der Waals surface area contributed by atoms with Gasteiger partial charge >= 0.3 is 0 Å². The van der Waals surface area contributed by atoms with Crippen molar-refractivity contribution in [3.05, 3.63) is 29.6 Å². The Bertz CT molecular complexity index is 398. The fraction of sp³-hybridized carbons (Fsp3) is 0.333. The second kappa shape index (κ2) is 6.57. The Morgan fingerprint density at radius 2 is 2.25 bits per heavy atom. The number of halogens is 1. The Morgan fingerprint density at radius 3 is 2.88 bits per heavy atom. The van der Waals surface area contributed by atoms with Crippen LogP contribution in [0.2, 0.25) is 0 Å². The van der Waals surface area contributed by atoms with E-state index in [0.717, 1.165) is 12.5 Å². The number of aldehydes is 1. The number of carbonyl (C=O) groups is 1. The van der Waals surface area contributed by atoms with Crippen molar-refractivity contribution in [1.82, 2.24) is 0 Å². The van der Waals surface area contributed by atoms with Crippen molar-refractivity contribution in [2.45, 2.75) is 19.3 Å². The molecule has 84 valence electrons. The van der Waals surface area contributed by atoms with Gasteiger partial charge in [-0.25, -0.2) is 4.39 Å². The Labute approximate surface area is 93.5 Å². The lowest BCUT2D eigenvalue weighted by Crippen LogP contribution is -1.99. The average molecular weight is 221 g/mol. The van der Waals surface area contributed by atoms with E-state index in [1.807, 2.05) is 6.07 Å². The molecule has 4 heteroatoms. The van der Waals surface area contributed by atoms with Crippen molar-refractivity contribution >= 4 is 6.29 Å². The molecule has 0 N–H and O–H groups in total. The van der Waals surface area contributed by atoms with Crippen LogP contribution in [0.4, 0.5) is 4.39 Å². The molecule has 0 amide bonds. The molecule has 0 saturated heterocycles. The molecule has 0 aliphatic heterocycles. The van der Waals surface area contributed by atoms with Crippen LogP contribution in [0.25, 0.3) is 0 Å². The van der Waals surface area contributed by atoms with Crippen molar-refractivity contribution in [2.75, 3.05) is 6.61 Å². The zero-order valence-corrected chi connectivity index (χ0v) is 8.78. The van der Waals surface area contributed by atoms with E-state index in [9.17, 15) is 9.18 Å². The summed E-state index contributed by atoms with van der Waals surface area (Å²) in [5, 5.41) is 8.30. The summed E-state index contributed by atoms with van der Waals surface area (Å²) in [7, 11) is 0. The lowest BCUT2D eigenvalue weighted by Gasteiger charge is -2.06. The molecule has 0 aliphatic rings. The predicted molar refractivity (Wildman–Crippen MR) is 56.7 cm³/mol. The van der Waals surface area contributed by atoms with E-state index < -0.39 is 5.82 Å².